The molecule has 0 bridgehead atoms. The van der Waals surface area contributed by atoms with E-state index in [4.69, 9.17) is 4.99 Å². The molecule has 1 aromatic rings. The number of allylic oxidation sites excluding steroid dienone is 1. The minimum Gasteiger partial charge on any atom is -0.357 e. The van der Waals surface area contributed by atoms with Crippen molar-refractivity contribution in [3.8, 4) is 0 Å². The molecule has 1 aromatic heterocycles. The minimum atomic E-state index is 0. The van der Waals surface area contributed by atoms with Crippen LogP contribution >= 0.6 is 24.0 Å². The van der Waals surface area contributed by atoms with E-state index in [1.54, 1.807) is 0 Å². The van der Waals surface area contributed by atoms with Crippen LogP contribution in [0, 0.1) is 5.92 Å². The summed E-state index contributed by atoms with van der Waals surface area (Å²) in [4.78, 5) is 7.15. The summed E-state index contributed by atoms with van der Waals surface area (Å²) >= 11 is 0. The Hall–Kier alpha value is -1.05. The molecular formula is C17H30IN5. The van der Waals surface area contributed by atoms with Crippen LogP contribution in [0.2, 0.25) is 0 Å². The van der Waals surface area contributed by atoms with Crippen molar-refractivity contribution in [3.63, 3.8) is 0 Å². The van der Waals surface area contributed by atoms with Crippen LogP contribution in [-0.2, 0) is 13.5 Å². The van der Waals surface area contributed by atoms with Crippen molar-refractivity contribution < 1.29 is 0 Å². The topological polar surface area (TPSA) is 45.5 Å². The first kappa shape index (κ1) is 20.0. The number of guanidine groups is 1. The number of likely N-dealkylation sites (tertiary alicyclic amines) is 1. The van der Waals surface area contributed by atoms with Crippen LogP contribution < -0.4 is 5.32 Å². The van der Waals surface area contributed by atoms with E-state index in [0.29, 0.717) is 5.92 Å². The summed E-state index contributed by atoms with van der Waals surface area (Å²) in [5.41, 5.74) is 1.34. The Morgan fingerprint density at radius 3 is 3.00 bits per heavy atom. The summed E-state index contributed by atoms with van der Waals surface area (Å²) in [5.74, 6) is 1.77. The zero-order chi connectivity index (χ0) is 15.8. The van der Waals surface area contributed by atoms with Crippen molar-refractivity contribution in [2.45, 2.75) is 33.1 Å². The van der Waals surface area contributed by atoms with Crippen molar-refractivity contribution in [3.05, 3.63) is 30.1 Å². The molecule has 1 atom stereocenters. The lowest BCUT2D eigenvalue weighted by atomic mass is 10.0. The Labute approximate surface area is 157 Å². The van der Waals surface area contributed by atoms with Crippen LogP contribution in [0.25, 0.3) is 0 Å². The van der Waals surface area contributed by atoms with E-state index >= 15 is 0 Å². The number of hydrogen-bond acceptors (Lipinski definition) is 2. The number of aromatic nitrogens is 2. The van der Waals surface area contributed by atoms with Gasteiger partial charge in [-0.3, -0.25) is 9.67 Å². The second kappa shape index (κ2) is 10.7. The number of nitrogens with zero attached hydrogens (tertiary/aromatic N) is 4. The Morgan fingerprint density at radius 1 is 1.52 bits per heavy atom. The molecule has 1 fully saturated rings. The van der Waals surface area contributed by atoms with Gasteiger partial charge in [0.1, 0.15) is 0 Å². The normalized spacial score (nSPS) is 18.5. The Bertz CT molecular complexity index is 509. The number of rotatable bonds is 6. The second-order valence-electron chi connectivity index (χ2n) is 5.92. The van der Waals surface area contributed by atoms with Gasteiger partial charge in [-0.05, 0) is 44.6 Å². The highest BCUT2D eigenvalue weighted by molar-refractivity contribution is 14.0. The first-order valence-corrected chi connectivity index (χ1v) is 8.34. The standard InChI is InChI=1S/C17H29N5.HI/c1-4-6-7-9-19-17(18-5-2)22-10-8-15(14-22)11-16-12-20-21(3)13-16;/h4,6,12-13,15H,5,7-11,14H2,1-3H3,(H,18,19);1H. The molecule has 0 radical (unpaired) electrons. The molecule has 2 rings (SSSR count). The zero-order valence-corrected chi connectivity index (χ0v) is 16.9. The van der Waals surface area contributed by atoms with Gasteiger partial charge < -0.3 is 10.2 Å². The third kappa shape index (κ3) is 6.53. The van der Waals surface area contributed by atoms with Gasteiger partial charge in [-0.2, -0.15) is 5.10 Å². The molecule has 5 nitrogen and oxygen atoms in total. The molecule has 6 heteroatoms. The van der Waals surface area contributed by atoms with Gasteiger partial charge in [0.05, 0.1) is 6.20 Å². The monoisotopic (exact) mass is 431 g/mol. The third-order valence-electron chi connectivity index (χ3n) is 4.00. The summed E-state index contributed by atoms with van der Waals surface area (Å²) in [5, 5.41) is 7.69. The summed E-state index contributed by atoms with van der Waals surface area (Å²) in [6, 6.07) is 0. The minimum absolute atomic E-state index is 0. The lowest BCUT2D eigenvalue weighted by Crippen LogP contribution is -2.40. The molecule has 0 saturated carbocycles. The quantitative estimate of drug-likeness (QED) is 0.248. The maximum atomic E-state index is 4.74. The molecule has 0 aromatic carbocycles. The summed E-state index contributed by atoms with van der Waals surface area (Å²) in [6.07, 6.45) is 11.7. The molecule has 23 heavy (non-hydrogen) atoms. The predicted molar refractivity (Wildman–Crippen MR) is 107 cm³/mol. The lowest BCUT2D eigenvalue weighted by molar-refractivity contribution is 0.460. The van der Waals surface area contributed by atoms with E-state index in [0.717, 1.165) is 45.0 Å². The van der Waals surface area contributed by atoms with E-state index < -0.39 is 0 Å². The van der Waals surface area contributed by atoms with Crippen LogP contribution in [0.15, 0.2) is 29.5 Å². The fourth-order valence-corrected chi connectivity index (χ4v) is 2.94. The SMILES string of the molecule is CC=CCCN=C(NCC)N1CCC(Cc2cnn(C)c2)C1.I. The van der Waals surface area contributed by atoms with Gasteiger partial charge in [-0.15, -0.1) is 24.0 Å². The number of nitrogens with one attached hydrogen (secondary N) is 1. The molecular weight excluding hydrogens is 401 g/mol. The average molecular weight is 431 g/mol. The summed E-state index contributed by atoms with van der Waals surface area (Å²) < 4.78 is 1.88. The zero-order valence-electron chi connectivity index (χ0n) is 14.5. The smallest absolute Gasteiger partial charge is 0.193 e. The number of halogens is 1. The molecule has 0 aliphatic carbocycles. The highest BCUT2D eigenvalue weighted by atomic mass is 127. The molecule has 1 saturated heterocycles. The van der Waals surface area contributed by atoms with Gasteiger partial charge in [0, 0.05) is 39.4 Å². The first-order valence-electron chi connectivity index (χ1n) is 8.34. The summed E-state index contributed by atoms with van der Waals surface area (Å²) in [7, 11) is 1.98. The lowest BCUT2D eigenvalue weighted by Gasteiger charge is -2.21. The van der Waals surface area contributed by atoms with Gasteiger partial charge in [0.15, 0.2) is 5.96 Å². The van der Waals surface area contributed by atoms with Crippen LogP contribution in [-0.4, -0.2) is 46.8 Å². The fraction of sp³-hybridized carbons (Fsp3) is 0.647. The van der Waals surface area contributed by atoms with Gasteiger partial charge in [0.25, 0.3) is 0 Å². The van der Waals surface area contributed by atoms with E-state index in [-0.39, 0.29) is 24.0 Å². The number of aliphatic imine (C=N–C) groups is 1. The van der Waals surface area contributed by atoms with Crippen LogP contribution in [0.3, 0.4) is 0 Å². The van der Waals surface area contributed by atoms with E-state index in [2.05, 4.69) is 47.5 Å². The molecule has 0 spiro atoms. The molecule has 1 unspecified atom stereocenters. The molecule has 0 amide bonds. The Kier molecular flexibility index (Phi) is 9.28. The predicted octanol–water partition coefficient (Wildman–Crippen LogP) is 2.83. The van der Waals surface area contributed by atoms with E-state index in [1.807, 2.05) is 17.9 Å². The molecule has 1 N–H and O–H groups in total. The Morgan fingerprint density at radius 2 is 2.35 bits per heavy atom. The fourth-order valence-electron chi connectivity index (χ4n) is 2.94. The highest BCUT2D eigenvalue weighted by Gasteiger charge is 2.25. The van der Waals surface area contributed by atoms with Crippen molar-refractivity contribution in [2.24, 2.45) is 18.0 Å². The Balaban J connectivity index is 0.00000264. The van der Waals surface area contributed by atoms with Gasteiger partial charge in [-0.1, -0.05) is 12.2 Å². The number of aryl methyl sites for hydroxylation is 1. The molecule has 130 valence electrons. The van der Waals surface area contributed by atoms with Gasteiger partial charge >= 0.3 is 0 Å². The first-order chi connectivity index (χ1) is 10.7. The van der Waals surface area contributed by atoms with Crippen molar-refractivity contribution in [2.75, 3.05) is 26.2 Å². The van der Waals surface area contributed by atoms with Gasteiger partial charge in [0.2, 0.25) is 0 Å². The largest absolute Gasteiger partial charge is 0.357 e. The summed E-state index contributed by atoms with van der Waals surface area (Å²) in [6.45, 7) is 8.15. The van der Waals surface area contributed by atoms with Crippen molar-refractivity contribution in [1.29, 1.82) is 0 Å². The third-order valence-corrected chi connectivity index (χ3v) is 4.00. The molecule has 1 aliphatic heterocycles. The molecule has 1 aliphatic rings. The van der Waals surface area contributed by atoms with Crippen LogP contribution in [0.5, 0.6) is 0 Å². The van der Waals surface area contributed by atoms with Crippen molar-refractivity contribution >= 4 is 29.9 Å². The average Bonchev–Trinajstić information content (AvgIpc) is 3.12. The second-order valence-corrected chi connectivity index (χ2v) is 5.92. The number of hydrogen-bond donors (Lipinski definition) is 1. The van der Waals surface area contributed by atoms with Crippen molar-refractivity contribution in [1.82, 2.24) is 20.0 Å². The maximum absolute atomic E-state index is 4.74. The molecule has 2 heterocycles. The van der Waals surface area contributed by atoms with E-state index in [1.165, 1.54) is 12.0 Å². The highest BCUT2D eigenvalue weighted by Crippen LogP contribution is 2.20. The van der Waals surface area contributed by atoms with Gasteiger partial charge in [-0.25, -0.2) is 0 Å². The maximum Gasteiger partial charge on any atom is 0.193 e. The van der Waals surface area contributed by atoms with E-state index in [9.17, 15) is 0 Å². The van der Waals surface area contributed by atoms with Crippen LogP contribution in [0.4, 0.5) is 0 Å². The van der Waals surface area contributed by atoms with Crippen LogP contribution in [0.1, 0.15) is 32.3 Å².